The van der Waals surface area contributed by atoms with Crippen molar-refractivity contribution in [3.05, 3.63) is 65.5 Å². The molecule has 1 nitrogen and oxygen atoms in total. The molecular formula is C14H14Br3N. The maximum atomic E-state index is 3.52. The number of hydrogen-bond acceptors (Lipinski definition) is 0. The number of hydrogen-bond donors (Lipinski definition) is 0. The second-order valence-corrected chi connectivity index (χ2v) is 5.09. The van der Waals surface area contributed by atoms with E-state index in [1.807, 2.05) is 6.07 Å². The van der Waals surface area contributed by atoms with Gasteiger partial charge < -0.3 is 17.0 Å². The van der Waals surface area contributed by atoms with E-state index in [1.54, 1.807) is 0 Å². The highest BCUT2D eigenvalue weighted by atomic mass is 79.9. The number of aromatic nitrogens is 1. The summed E-state index contributed by atoms with van der Waals surface area (Å²) in [5.74, 6) is 0. The van der Waals surface area contributed by atoms with Crippen LogP contribution in [0.4, 0.5) is 0 Å². The predicted molar refractivity (Wildman–Crippen MR) is 77.4 cm³/mol. The third-order valence-electron chi connectivity index (χ3n) is 2.56. The van der Waals surface area contributed by atoms with Gasteiger partial charge in [0.15, 0.2) is 18.9 Å². The SMILES string of the molecule is BrCc1cc(CBr)cc(C[n+]2ccccc2)c1.[Br-]. The largest absolute Gasteiger partial charge is 1.00 e. The van der Waals surface area contributed by atoms with E-state index in [9.17, 15) is 0 Å². The van der Waals surface area contributed by atoms with Crippen molar-refractivity contribution in [2.45, 2.75) is 17.2 Å². The third-order valence-corrected chi connectivity index (χ3v) is 3.86. The Morgan fingerprint density at radius 3 is 1.78 bits per heavy atom. The van der Waals surface area contributed by atoms with Gasteiger partial charge in [0.2, 0.25) is 0 Å². The first-order valence-corrected chi connectivity index (χ1v) is 7.74. The minimum atomic E-state index is 0. The molecule has 0 N–H and O–H groups in total. The first-order chi connectivity index (χ1) is 8.31. The normalized spacial score (nSPS) is 9.89. The van der Waals surface area contributed by atoms with Crippen LogP contribution in [0.3, 0.4) is 0 Å². The minimum Gasteiger partial charge on any atom is -1.00 e. The van der Waals surface area contributed by atoms with Crippen molar-refractivity contribution in [1.82, 2.24) is 0 Å². The average Bonchev–Trinajstić information content (AvgIpc) is 2.39. The van der Waals surface area contributed by atoms with Gasteiger partial charge in [-0.2, -0.15) is 0 Å². The van der Waals surface area contributed by atoms with E-state index in [-0.39, 0.29) is 17.0 Å². The molecule has 1 heterocycles. The van der Waals surface area contributed by atoms with E-state index in [2.05, 4.69) is 79.2 Å². The molecule has 2 rings (SSSR count). The molecule has 96 valence electrons. The summed E-state index contributed by atoms with van der Waals surface area (Å²) in [6.45, 7) is 0.918. The maximum Gasteiger partial charge on any atom is 0.173 e. The molecule has 0 amide bonds. The number of nitrogens with zero attached hydrogens (tertiary/aromatic N) is 1. The number of rotatable bonds is 4. The molecule has 0 aliphatic carbocycles. The van der Waals surface area contributed by atoms with Crippen molar-refractivity contribution < 1.29 is 21.5 Å². The van der Waals surface area contributed by atoms with Crippen LogP contribution in [-0.4, -0.2) is 0 Å². The maximum absolute atomic E-state index is 3.52. The molecule has 0 fully saturated rings. The van der Waals surface area contributed by atoms with Gasteiger partial charge in [-0.25, -0.2) is 4.57 Å². The van der Waals surface area contributed by atoms with Crippen molar-refractivity contribution >= 4 is 31.9 Å². The Labute approximate surface area is 135 Å². The van der Waals surface area contributed by atoms with Gasteiger partial charge in [-0.15, -0.1) is 0 Å². The van der Waals surface area contributed by atoms with E-state index in [0.717, 1.165) is 17.2 Å². The first kappa shape index (κ1) is 15.9. The van der Waals surface area contributed by atoms with Crippen molar-refractivity contribution in [2.75, 3.05) is 0 Å². The van der Waals surface area contributed by atoms with Crippen LogP contribution in [0.25, 0.3) is 0 Å². The highest BCUT2D eigenvalue weighted by molar-refractivity contribution is 9.08. The molecule has 0 spiro atoms. The van der Waals surface area contributed by atoms with Crippen molar-refractivity contribution in [3.63, 3.8) is 0 Å². The molecule has 18 heavy (non-hydrogen) atoms. The lowest BCUT2D eigenvalue weighted by atomic mass is 10.1. The molecule has 1 aromatic carbocycles. The molecule has 4 heteroatoms. The highest BCUT2D eigenvalue weighted by Crippen LogP contribution is 2.15. The topological polar surface area (TPSA) is 3.88 Å². The highest BCUT2D eigenvalue weighted by Gasteiger charge is 2.04. The molecule has 0 atom stereocenters. The first-order valence-electron chi connectivity index (χ1n) is 5.49. The fourth-order valence-corrected chi connectivity index (χ4v) is 2.48. The van der Waals surface area contributed by atoms with E-state index in [4.69, 9.17) is 0 Å². The lowest BCUT2D eigenvalue weighted by molar-refractivity contribution is -0.688. The summed E-state index contributed by atoms with van der Waals surface area (Å²) in [6.07, 6.45) is 4.18. The van der Waals surface area contributed by atoms with Crippen molar-refractivity contribution in [1.29, 1.82) is 0 Å². The monoisotopic (exact) mass is 433 g/mol. The molecule has 0 aliphatic heterocycles. The molecule has 0 unspecified atom stereocenters. The molecule has 0 aliphatic rings. The van der Waals surface area contributed by atoms with Gasteiger partial charge in [-0.3, -0.25) is 0 Å². The third kappa shape index (κ3) is 4.48. The van der Waals surface area contributed by atoms with Crippen LogP contribution in [0.2, 0.25) is 0 Å². The van der Waals surface area contributed by atoms with Crippen molar-refractivity contribution in [3.8, 4) is 0 Å². The second-order valence-electron chi connectivity index (χ2n) is 3.97. The van der Waals surface area contributed by atoms with Gasteiger partial charge in [0, 0.05) is 28.4 Å². The Balaban J connectivity index is 0.00000162. The fraction of sp³-hybridized carbons (Fsp3) is 0.214. The summed E-state index contributed by atoms with van der Waals surface area (Å²) in [5.41, 5.74) is 3.99. The summed E-state index contributed by atoms with van der Waals surface area (Å²) >= 11 is 7.04. The van der Waals surface area contributed by atoms with Gasteiger partial charge in [-0.05, 0) is 23.3 Å². The number of pyridine rings is 1. The summed E-state index contributed by atoms with van der Waals surface area (Å²) in [5, 5.41) is 1.81. The molecule has 0 saturated heterocycles. The smallest absolute Gasteiger partial charge is 0.173 e. The summed E-state index contributed by atoms with van der Waals surface area (Å²) < 4.78 is 2.19. The van der Waals surface area contributed by atoms with Crippen LogP contribution in [0.5, 0.6) is 0 Å². The fourth-order valence-electron chi connectivity index (χ4n) is 1.84. The predicted octanol–water partition coefficient (Wildman–Crippen LogP) is 0.816. The zero-order valence-corrected chi connectivity index (χ0v) is 14.6. The second kappa shape index (κ2) is 8.08. The lowest BCUT2D eigenvalue weighted by Crippen LogP contribution is -3.00. The zero-order valence-electron chi connectivity index (χ0n) is 9.82. The van der Waals surface area contributed by atoms with E-state index in [0.29, 0.717) is 0 Å². The van der Waals surface area contributed by atoms with Crippen LogP contribution in [0.15, 0.2) is 48.8 Å². The Hall–Kier alpha value is -0.190. The number of benzene rings is 1. The minimum absolute atomic E-state index is 0. The Morgan fingerprint density at radius 1 is 0.778 bits per heavy atom. The standard InChI is InChI=1S/C14H14Br2N.BrH/c15-9-12-6-13(10-16)8-14(7-12)11-17-4-2-1-3-5-17;/h1-8H,9-11H2;1H/q+1;/p-1. The van der Waals surface area contributed by atoms with E-state index in [1.165, 1.54) is 16.7 Å². The Bertz CT molecular complexity index is 463. The van der Waals surface area contributed by atoms with Crippen molar-refractivity contribution in [2.24, 2.45) is 0 Å². The quantitative estimate of drug-likeness (QED) is 0.494. The summed E-state index contributed by atoms with van der Waals surface area (Å²) in [6, 6.07) is 12.9. The van der Waals surface area contributed by atoms with Crippen LogP contribution >= 0.6 is 31.9 Å². The van der Waals surface area contributed by atoms with Gasteiger partial charge in [0.1, 0.15) is 0 Å². The van der Waals surface area contributed by atoms with Gasteiger partial charge >= 0.3 is 0 Å². The lowest BCUT2D eigenvalue weighted by Gasteiger charge is -2.04. The molecule has 0 bridgehead atoms. The molecular weight excluding hydrogens is 422 g/mol. The van der Waals surface area contributed by atoms with Gasteiger partial charge in [0.05, 0.1) is 0 Å². The Morgan fingerprint density at radius 2 is 1.28 bits per heavy atom. The van der Waals surface area contributed by atoms with Gasteiger partial charge in [0.25, 0.3) is 0 Å². The summed E-state index contributed by atoms with van der Waals surface area (Å²) in [7, 11) is 0. The summed E-state index contributed by atoms with van der Waals surface area (Å²) in [4.78, 5) is 0. The Kier molecular flexibility index (Phi) is 7.12. The molecule has 1 aromatic heterocycles. The van der Waals surface area contributed by atoms with E-state index < -0.39 is 0 Å². The molecule has 0 radical (unpaired) electrons. The van der Waals surface area contributed by atoms with Crippen LogP contribution in [0, 0.1) is 0 Å². The zero-order chi connectivity index (χ0) is 12.1. The number of halogens is 3. The molecule has 0 saturated carbocycles. The van der Waals surface area contributed by atoms with Gasteiger partial charge in [-0.1, -0.05) is 44.0 Å². The number of alkyl halides is 2. The van der Waals surface area contributed by atoms with E-state index >= 15 is 0 Å². The molecule has 2 aromatic rings. The van der Waals surface area contributed by atoms with Crippen LogP contribution < -0.4 is 21.5 Å². The van der Waals surface area contributed by atoms with Crippen LogP contribution in [0.1, 0.15) is 16.7 Å². The average molecular weight is 436 g/mol. The van der Waals surface area contributed by atoms with Crippen LogP contribution in [-0.2, 0) is 17.2 Å².